The third-order valence-corrected chi connectivity index (χ3v) is 4.55. The molecule has 0 radical (unpaired) electrons. The van der Waals surface area contributed by atoms with Crippen LogP contribution in [-0.2, 0) is 6.42 Å². The summed E-state index contributed by atoms with van der Waals surface area (Å²) < 4.78 is 7.91. The van der Waals surface area contributed by atoms with Crippen molar-refractivity contribution in [1.82, 2.24) is 9.78 Å². The Kier molecular flexibility index (Phi) is 2.91. The lowest BCUT2D eigenvalue weighted by Gasteiger charge is -2.06. The van der Waals surface area contributed by atoms with E-state index in [0.717, 1.165) is 46.9 Å². The molecular weight excluding hydrogens is 312 g/mol. The van der Waals surface area contributed by atoms with Gasteiger partial charge in [0.1, 0.15) is 17.1 Å². The second kappa shape index (κ2) is 5.25. The number of aromatic nitrogens is 2. The zero-order chi connectivity index (χ0) is 16.8. The lowest BCUT2D eigenvalue weighted by atomic mass is 10.1. The van der Waals surface area contributed by atoms with Crippen LogP contribution in [0.3, 0.4) is 0 Å². The maximum Gasteiger partial charge on any atom is 0.156 e. The molecule has 0 atom stereocenters. The molecule has 0 fully saturated rings. The first kappa shape index (κ1) is 13.9. The van der Waals surface area contributed by atoms with Crippen molar-refractivity contribution in [3.8, 4) is 23.2 Å². The van der Waals surface area contributed by atoms with E-state index in [1.54, 1.807) is 12.1 Å². The second-order valence-corrected chi connectivity index (χ2v) is 6.07. The van der Waals surface area contributed by atoms with Gasteiger partial charge in [0.25, 0.3) is 0 Å². The van der Waals surface area contributed by atoms with Crippen LogP contribution in [0.4, 0.5) is 5.82 Å². The first-order valence-electron chi connectivity index (χ1n) is 8.19. The SMILES string of the molecule is N#Cc1ccc(-n2nc(-c3cc4ccccc4o3)c3c2NCC3)cc1. The van der Waals surface area contributed by atoms with Crippen LogP contribution in [0, 0.1) is 11.3 Å². The normalized spacial score (nSPS) is 12.8. The fraction of sp³-hybridized carbons (Fsp3) is 0.100. The van der Waals surface area contributed by atoms with Crippen molar-refractivity contribution in [2.24, 2.45) is 0 Å². The Hall–Kier alpha value is -3.52. The molecule has 0 bridgehead atoms. The third kappa shape index (κ3) is 2.12. The Bertz CT molecular complexity index is 1100. The number of anilines is 1. The van der Waals surface area contributed by atoms with Crippen molar-refractivity contribution in [2.75, 3.05) is 11.9 Å². The van der Waals surface area contributed by atoms with Crippen LogP contribution in [0.5, 0.6) is 0 Å². The monoisotopic (exact) mass is 326 g/mol. The second-order valence-electron chi connectivity index (χ2n) is 6.07. The van der Waals surface area contributed by atoms with E-state index in [-0.39, 0.29) is 0 Å². The molecule has 0 saturated heterocycles. The van der Waals surface area contributed by atoms with Crippen LogP contribution in [-0.4, -0.2) is 16.3 Å². The Morgan fingerprint density at radius 2 is 1.96 bits per heavy atom. The molecule has 1 N–H and O–H groups in total. The van der Waals surface area contributed by atoms with Gasteiger partial charge in [0.2, 0.25) is 0 Å². The van der Waals surface area contributed by atoms with Crippen molar-refractivity contribution in [3.63, 3.8) is 0 Å². The minimum Gasteiger partial charge on any atom is -0.454 e. The number of hydrogen-bond donors (Lipinski definition) is 1. The Labute approximate surface area is 144 Å². The summed E-state index contributed by atoms with van der Waals surface area (Å²) >= 11 is 0. The molecule has 2 aromatic heterocycles. The summed E-state index contributed by atoms with van der Waals surface area (Å²) in [5.74, 6) is 1.79. The molecule has 5 heteroatoms. The fourth-order valence-electron chi connectivity index (χ4n) is 3.34. The molecule has 120 valence electrons. The quantitative estimate of drug-likeness (QED) is 0.601. The van der Waals surface area contributed by atoms with Crippen LogP contribution < -0.4 is 5.32 Å². The van der Waals surface area contributed by atoms with Crippen molar-refractivity contribution in [2.45, 2.75) is 6.42 Å². The van der Waals surface area contributed by atoms with E-state index in [4.69, 9.17) is 14.8 Å². The van der Waals surface area contributed by atoms with Crippen molar-refractivity contribution < 1.29 is 4.42 Å². The molecule has 0 spiro atoms. The highest BCUT2D eigenvalue weighted by Crippen LogP contribution is 2.36. The Morgan fingerprint density at radius 3 is 2.76 bits per heavy atom. The summed E-state index contributed by atoms with van der Waals surface area (Å²) in [4.78, 5) is 0. The van der Waals surface area contributed by atoms with Crippen molar-refractivity contribution >= 4 is 16.8 Å². The Morgan fingerprint density at radius 1 is 1.12 bits per heavy atom. The number of benzene rings is 2. The topological polar surface area (TPSA) is 66.8 Å². The van der Waals surface area contributed by atoms with E-state index in [9.17, 15) is 0 Å². The minimum atomic E-state index is 0.637. The molecule has 4 aromatic rings. The summed E-state index contributed by atoms with van der Waals surface area (Å²) in [6.45, 7) is 0.886. The first-order valence-corrected chi connectivity index (χ1v) is 8.19. The number of furan rings is 1. The molecule has 25 heavy (non-hydrogen) atoms. The van der Waals surface area contributed by atoms with Gasteiger partial charge in [-0.3, -0.25) is 0 Å². The predicted molar refractivity (Wildman–Crippen MR) is 95.7 cm³/mol. The smallest absolute Gasteiger partial charge is 0.156 e. The van der Waals surface area contributed by atoms with E-state index in [0.29, 0.717) is 5.56 Å². The highest BCUT2D eigenvalue weighted by Gasteiger charge is 2.25. The van der Waals surface area contributed by atoms with Gasteiger partial charge in [-0.2, -0.15) is 10.4 Å². The highest BCUT2D eigenvalue weighted by molar-refractivity contribution is 5.83. The minimum absolute atomic E-state index is 0.637. The van der Waals surface area contributed by atoms with Gasteiger partial charge < -0.3 is 9.73 Å². The van der Waals surface area contributed by atoms with Gasteiger partial charge in [-0.05, 0) is 42.8 Å². The number of para-hydroxylation sites is 1. The fourth-order valence-corrected chi connectivity index (χ4v) is 3.34. The third-order valence-electron chi connectivity index (χ3n) is 4.55. The number of nitriles is 1. The van der Waals surface area contributed by atoms with E-state index >= 15 is 0 Å². The van der Waals surface area contributed by atoms with Gasteiger partial charge >= 0.3 is 0 Å². The number of nitrogens with one attached hydrogen (secondary N) is 1. The van der Waals surface area contributed by atoms with Gasteiger partial charge in [0.05, 0.1) is 17.3 Å². The highest BCUT2D eigenvalue weighted by atomic mass is 16.3. The van der Waals surface area contributed by atoms with Crippen molar-refractivity contribution in [3.05, 3.63) is 65.7 Å². The van der Waals surface area contributed by atoms with Gasteiger partial charge in [-0.1, -0.05) is 18.2 Å². The van der Waals surface area contributed by atoms with Crippen LogP contribution >= 0.6 is 0 Å². The van der Waals surface area contributed by atoms with Gasteiger partial charge in [-0.15, -0.1) is 0 Å². The van der Waals surface area contributed by atoms with Gasteiger partial charge in [0.15, 0.2) is 5.76 Å². The molecule has 2 aromatic carbocycles. The molecule has 3 heterocycles. The number of nitrogens with zero attached hydrogens (tertiary/aromatic N) is 3. The van der Waals surface area contributed by atoms with Gasteiger partial charge in [-0.25, -0.2) is 4.68 Å². The molecule has 0 amide bonds. The molecule has 0 aliphatic carbocycles. The lowest BCUT2D eigenvalue weighted by Crippen LogP contribution is -2.04. The molecule has 5 nitrogen and oxygen atoms in total. The van der Waals surface area contributed by atoms with Crippen molar-refractivity contribution in [1.29, 1.82) is 5.26 Å². The molecular formula is C20H14N4O. The van der Waals surface area contributed by atoms with E-state index in [2.05, 4.69) is 11.4 Å². The average molecular weight is 326 g/mol. The van der Waals surface area contributed by atoms with Crippen LogP contribution in [0.1, 0.15) is 11.1 Å². The summed E-state index contributed by atoms with van der Waals surface area (Å²) in [6.07, 6.45) is 0.915. The maximum absolute atomic E-state index is 8.98. The molecule has 0 saturated carbocycles. The summed E-state index contributed by atoms with van der Waals surface area (Å²) in [5, 5.41) is 18.3. The summed E-state index contributed by atoms with van der Waals surface area (Å²) in [6, 6.07) is 19.6. The molecule has 1 aliphatic rings. The number of rotatable bonds is 2. The molecule has 0 unspecified atom stereocenters. The standard InChI is InChI=1S/C20H14N4O/c21-12-13-5-7-15(8-6-13)24-20-16(9-10-22-20)19(23-24)18-11-14-3-1-2-4-17(14)25-18/h1-8,11,22H,9-10H2. The van der Waals surface area contributed by atoms with E-state index in [1.807, 2.05) is 47.1 Å². The number of fused-ring (bicyclic) bond motifs is 2. The largest absolute Gasteiger partial charge is 0.454 e. The van der Waals surface area contributed by atoms with Gasteiger partial charge in [0, 0.05) is 17.5 Å². The van der Waals surface area contributed by atoms with Crippen LogP contribution in [0.25, 0.3) is 28.1 Å². The summed E-state index contributed by atoms with van der Waals surface area (Å²) in [5.41, 5.74) is 4.47. The molecule has 1 aliphatic heterocycles. The molecule has 5 rings (SSSR count). The predicted octanol–water partition coefficient (Wildman–Crippen LogP) is 4.13. The van der Waals surface area contributed by atoms with Crippen LogP contribution in [0.15, 0.2) is 59.0 Å². The maximum atomic E-state index is 8.98. The zero-order valence-corrected chi connectivity index (χ0v) is 13.4. The summed E-state index contributed by atoms with van der Waals surface area (Å²) in [7, 11) is 0. The van der Waals surface area contributed by atoms with E-state index in [1.165, 1.54) is 5.56 Å². The van der Waals surface area contributed by atoms with E-state index < -0.39 is 0 Å². The number of hydrogen-bond acceptors (Lipinski definition) is 4. The zero-order valence-electron chi connectivity index (χ0n) is 13.4. The Balaban J connectivity index is 1.67. The van der Waals surface area contributed by atoms with Crippen LogP contribution in [0.2, 0.25) is 0 Å². The first-order chi connectivity index (χ1) is 12.3. The lowest BCUT2D eigenvalue weighted by molar-refractivity contribution is 0.626. The average Bonchev–Trinajstić information content (AvgIpc) is 3.36.